The molecule has 21 heavy (non-hydrogen) atoms. The molecule has 0 N–H and O–H groups in total. The van der Waals surface area contributed by atoms with Gasteiger partial charge in [0.2, 0.25) is 0 Å². The third kappa shape index (κ3) is 3.85. The lowest BCUT2D eigenvalue weighted by molar-refractivity contribution is 0.338. The molecule has 0 amide bonds. The maximum Gasteiger partial charge on any atom is 0.133 e. The summed E-state index contributed by atoms with van der Waals surface area (Å²) >= 11 is 16.1. The van der Waals surface area contributed by atoms with Crippen LogP contribution in [0.15, 0.2) is 40.9 Å². The number of benzene rings is 2. The molecule has 0 radical (unpaired) electrons. The molecule has 2 nitrogen and oxygen atoms in total. The zero-order valence-electron chi connectivity index (χ0n) is 11.7. The van der Waals surface area contributed by atoms with Crippen molar-refractivity contribution in [2.45, 2.75) is 12.3 Å². The van der Waals surface area contributed by atoms with Gasteiger partial charge in [-0.25, -0.2) is 0 Å². The van der Waals surface area contributed by atoms with Crippen LogP contribution in [0.2, 0.25) is 5.02 Å². The quantitative estimate of drug-likeness (QED) is 0.598. The summed E-state index contributed by atoms with van der Waals surface area (Å²) in [7, 11) is 1.60. The van der Waals surface area contributed by atoms with Gasteiger partial charge in [-0.05, 0) is 52.7 Å². The maximum atomic E-state index is 6.58. The Morgan fingerprint density at radius 1 is 1.14 bits per heavy atom. The van der Waals surface area contributed by atoms with Crippen LogP contribution in [0, 0.1) is 0 Å². The molecule has 0 saturated heterocycles. The van der Waals surface area contributed by atoms with Gasteiger partial charge >= 0.3 is 0 Å². The van der Waals surface area contributed by atoms with Crippen molar-refractivity contribution in [1.82, 2.24) is 0 Å². The van der Waals surface area contributed by atoms with Crippen molar-refractivity contribution in [3.05, 3.63) is 57.0 Å². The second-order valence-corrected chi connectivity index (χ2v) is 6.10. The zero-order chi connectivity index (χ0) is 15.4. The molecule has 1 atom stereocenters. The zero-order valence-corrected chi connectivity index (χ0v) is 14.8. The van der Waals surface area contributed by atoms with Crippen molar-refractivity contribution >= 4 is 39.1 Å². The second kappa shape index (κ2) is 7.39. The summed E-state index contributed by atoms with van der Waals surface area (Å²) in [6, 6.07) is 11.2. The van der Waals surface area contributed by atoms with Gasteiger partial charge in [-0.2, -0.15) is 0 Å². The summed E-state index contributed by atoms with van der Waals surface area (Å²) < 4.78 is 11.7. The minimum atomic E-state index is -0.329. The fraction of sp³-hybridized carbons (Fsp3) is 0.250. The summed E-state index contributed by atoms with van der Waals surface area (Å²) in [6.45, 7) is 2.57. The molecule has 0 spiro atoms. The molecule has 2 aromatic rings. The van der Waals surface area contributed by atoms with Gasteiger partial charge in [-0.3, -0.25) is 0 Å². The minimum absolute atomic E-state index is 0.329. The highest BCUT2D eigenvalue weighted by atomic mass is 79.9. The van der Waals surface area contributed by atoms with Crippen molar-refractivity contribution in [1.29, 1.82) is 0 Å². The average molecular weight is 390 g/mol. The first-order valence-corrected chi connectivity index (χ1v) is 8.07. The first-order chi connectivity index (χ1) is 10.1. The highest BCUT2D eigenvalue weighted by Gasteiger charge is 2.17. The first kappa shape index (κ1) is 16.5. The summed E-state index contributed by atoms with van der Waals surface area (Å²) in [5.74, 6) is 1.47. The number of hydrogen-bond acceptors (Lipinski definition) is 2. The third-order valence-corrected chi connectivity index (χ3v) is 4.36. The molecule has 112 valence electrons. The van der Waals surface area contributed by atoms with E-state index in [1.807, 2.05) is 31.2 Å². The molecule has 1 unspecified atom stereocenters. The van der Waals surface area contributed by atoms with Gasteiger partial charge in [0.15, 0.2) is 0 Å². The van der Waals surface area contributed by atoms with Gasteiger partial charge in [-0.15, -0.1) is 11.6 Å². The van der Waals surface area contributed by atoms with Crippen molar-refractivity contribution in [3.8, 4) is 11.5 Å². The van der Waals surface area contributed by atoms with E-state index in [-0.39, 0.29) is 5.38 Å². The molecule has 0 saturated carbocycles. The van der Waals surface area contributed by atoms with Gasteiger partial charge in [0, 0.05) is 10.6 Å². The van der Waals surface area contributed by atoms with Crippen LogP contribution < -0.4 is 9.47 Å². The van der Waals surface area contributed by atoms with Crippen LogP contribution in [0.3, 0.4) is 0 Å². The van der Waals surface area contributed by atoms with E-state index >= 15 is 0 Å². The van der Waals surface area contributed by atoms with Crippen LogP contribution in [0.5, 0.6) is 11.5 Å². The highest BCUT2D eigenvalue weighted by molar-refractivity contribution is 9.10. The fourth-order valence-corrected chi connectivity index (χ4v) is 3.01. The van der Waals surface area contributed by atoms with E-state index < -0.39 is 0 Å². The summed E-state index contributed by atoms with van der Waals surface area (Å²) in [4.78, 5) is 0. The van der Waals surface area contributed by atoms with Gasteiger partial charge < -0.3 is 9.47 Å². The first-order valence-electron chi connectivity index (χ1n) is 6.46. The predicted octanol–water partition coefficient (Wildman–Crippen LogP) is 5.84. The van der Waals surface area contributed by atoms with Crippen molar-refractivity contribution in [2.24, 2.45) is 0 Å². The molecule has 0 aliphatic heterocycles. The molecule has 0 fully saturated rings. The summed E-state index contributed by atoms with van der Waals surface area (Å²) in [5, 5.41) is 0.288. The van der Waals surface area contributed by atoms with E-state index in [9.17, 15) is 0 Å². The molecule has 0 aliphatic carbocycles. The Morgan fingerprint density at radius 3 is 2.52 bits per heavy atom. The van der Waals surface area contributed by atoms with E-state index in [2.05, 4.69) is 15.9 Å². The molecule has 0 aromatic heterocycles. The van der Waals surface area contributed by atoms with Crippen LogP contribution in [0.25, 0.3) is 0 Å². The maximum absolute atomic E-state index is 6.58. The average Bonchev–Trinajstić information content (AvgIpc) is 2.48. The minimum Gasteiger partial charge on any atom is -0.496 e. The van der Waals surface area contributed by atoms with Crippen LogP contribution in [0.1, 0.15) is 23.4 Å². The number of rotatable bonds is 5. The van der Waals surface area contributed by atoms with Crippen molar-refractivity contribution in [2.75, 3.05) is 13.7 Å². The molecule has 0 aliphatic rings. The van der Waals surface area contributed by atoms with E-state index in [0.717, 1.165) is 21.3 Å². The van der Waals surface area contributed by atoms with Crippen LogP contribution in [-0.2, 0) is 0 Å². The largest absolute Gasteiger partial charge is 0.496 e. The SMILES string of the molecule is CCOc1ccc(C(Cl)c2ccc(Cl)cc2OC)cc1Br. The molecule has 2 aromatic carbocycles. The van der Waals surface area contributed by atoms with Gasteiger partial charge in [0.1, 0.15) is 11.5 Å². The Bertz CT molecular complexity index is 632. The molecule has 2 rings (SSSR count). The fourth-order valence-electron chi connectivity index (χ4n) is 2.02. The van der Waals surface area contributed by atoms with Crippen LogP contribution in [0.4, 0.5) is 0 Å². The van der Waals surface area contributed by atoms with E-state index in [4.69, 9.17) is 32.7 Å². The molecule has 0 bridgehead atoms. The lowest BCUT2D eigenvalue weighted by atomic mass is 10.0. The van der Waals surface area contributed by atoms with Crippen molar-refractivity contribution < 1.29 is 9.47 Å². The molecule has 0 heterocycles. The van der Waals surface area contributed by atoms with Crippen LogP contribution in [-0.4, -0.2) is 13.7 Å². The Morgan fingerprint density at radius 2 is 1.90 bits per heavy atom. The second-order valence-electron chi connectivity index (χ2n) is 4.37. The normalized spacial score (nSPS) is 12.0. The number of methoxy groups -OCH3 is 1. The van der Waals surface area contributed by atoms with E-state index in [1.54, 1.807) is 19.2 Å². The smallest absolute Gasteiger partial charge is 0.133 e. The number of ether oxygens (including phenoxy) is 2. The molecular weight excluding hydrogens is 375 g/mol. The number of halogens is 3. The Kier molecular flexibility index (Phi) is 5.80. The van der Waals surface area contributed by atoms with Crippen molar-refractivity contribution in [3.63, 3.8) is 0 Å². The van der Waals surface area contributed by atoms with Crippen LogP contribution >= 0.6 is 39.1 Å². The predicted molar refractivity (Wildman–Crippen MR) is 91.0 cm³/mol. The Balaban J connectivity index is 2.36. The van der Waals surface area contributed by atoms with E-state index in [0.29, 0.717) is 17.4 Å². The Labute approximate surface area is 143 Å². The highest BCUT2D eigenvalue weighted by Crippen LogP contribution is 2.38. The molecule has 5 heteroatoms. The molecular formula is C16H15BrCl2O2. The number of hydrogen-bond donors (Lipinski definition) is 0. The standard InChI is InChI=1S/C16H15BrCl2O2/c1-3-21-14-7-4-10(8-13(14)17)16(19)12-6-5-11(18)9-15(12)20-2/h4-9,16H,3H2,1-2H3. The van der Waals surface area contributed by atoms with Gasteiger partial charge in [-0.1, -0.05) is 23.7 Å². The van der Waals surface area contributed by atoms with E-state index in [1.165, 1.54) is 0 Å². The monoisotopic (exact) mass is 388 g/mol. The van der Waals surface area contributed by atoms with Gasteiger partial charge in [0.05, 0.1) is 23.6 Å². The summed E-state index contributed by atoms with van der Waals surface area (Å²) in [5.41, 5.74) is 1.83. The van der Waals surface area contributed by atoms with Gasteiger partial charge in [0.25, 0.3) is 0 Å². The third-order valence-electron chi connectivity index (χ3n) is 3.02. The lowest BCUT2D eigenvalue weighted by Gasteiger charge is -2.16. The summed E-state index contributed by atoms with van der Waals surface area (Å²) in [6.07, 6.45) is 0. The Hall–Kier alpha value is -0.900. The topological polar surface area (TPSA) is 18.5 Å². The lowest BCUT2D eigenvalue weighted by Crippen LogP contribution is -1.99. The number of alkyl halides is 1.